The van der Waals surface area contributed by atoms with E-state index in [4.69, 9.17) is 9.72 Å². The van der Waals surface area contributed by atoms with E-state index >= 15 is 0 Å². The molecule has 0 bridgehead atoms. The van der Waals surface area contributed by atoms with Gasteiger partial charge in [0.1, 0.15) is 0 Å². The summed E-state index contributed by atoms with van der Waals surface area (Å²) in [4.78, 5) is 30.8. The number of pyridine rings is 1. The minimum atomic E-state index is -0.875. The molecule has 1 atom stereocenters. The minimum Gasteiger partial charge on any atom is -0.449 e. The first-order valence-electron chi connectivity index (χ1n) is 12.0. The van der Waals surface area contributed by atoms with Crippen LogP contribution < -0.4 is 5.32 Å². The van der Waals surface area contributed by atoms with Crippen LogP contribution in [0.5, 0.6) is 0 Å². The Hall–Kier alpha value is -3.47. The molecule has 0 saturated carbocycles. The number of carbonyl (C=O) groups is 2. The zero-order valence-corrected chi connectivity index (χ0v) is 20.4. The third kappa shape index (κ3) is 5.19. The van der Waals surface area contributed by atoms with Crippen molar-refractivity contribution in [2.45, 2.75) is 53.1 Å². The minimum absolute atomic E-state index is 0.283. The molecule has 5 heteroatoms. The van der Waals surface area contributed by atoms with Crippen molar-refractivity contribution in [3.63, 3.8) is 0 Å². The van der Waals surface area contributed by atoms with Crippen LogP contribution in [0.25, 0.3) is 22.6 Å². The lowest BCUT2D eigenvalue weighted by Crippen LogP contribution is -2.37. The van der Waals surface area contributed by atoms with Crippen molar-refractivity contribution in [2.75, 3.05) is 6.54 Å². The highest BCUT2D eigenvalue weighted by atomic mass is 16.5. The summed E-state index contributed by atoms with van der Waals surface area (Å²) in [6.07, 6.45) is 3.87. The number of hydrogen-bond donors (Lipinski definition) is 1. The van der Waals surface area contributed by atoms with E-state index in [1.807, 2.05) is 44.2 Å². The summed E-state index contributed by atoms with van der Waals surface area (Å²) in [6, 6.07) is 16.0. The fourth-order valence-corrected chi connectivity index (χ4v) is 4.39. The van der Waals surface area contributed by atoms with Crippen LogP contribution in [0.3, 0.4) is 0 Å². The number of nitrogens with one attached hydrogen (secondary N) is 1. The number of amides is 1. The molecule has 5 nitrogen and oxygen atoms in total. The molecule has 34 heavy (non-hydrogen) atoms. The molecule has 0 radical (unpaired) electrons. The molecule has 3 aromatic rings. The average Bonchev–Trinajstić information content (AvgIpc) is 2.81. The van der Waals surface area contributed by atoms with E-state index in [-0.39, 0.29) is 5.91 Å². The van der Waals surface area contributed by atoms with Gasteiger partial charge in [-0.05, 0) is 67.9 Å². The van der Waals surface area contributed by atoms with Gasteiger partial charge in [-0.3, -0.25) is 4.79 Å². The van der Waals surface area contributed by atoms with E-state index in [1.54, 1.807) is 6.92 Å². The Balaban J connectivity index is 1.74. The van der Waals surface area contributed by atoms with Crippen molar-refractivity contribution in [1.29, 1.82) is 0 Å². The first-order chi connectivity index (χ1) is 16.3. The van der Waals surface area contributed by atoms with Gasteiger partial charge >= 0.3 is 5.97 Å². The lowest BCUT2D eigenvalue weighted by Gasteiger charge is -2.23. The van der Waals surface area contributed by atoms with Crippen molar-refractivity contribution < 1.29 is 14.3 Å². The predicted molar refractivity (Wildman–Crippen MR) is 136 cm³/mol. The number of rotatable bonds is 6. The van der Waals surface area contributed by atoms with E-state index in [0.717, 1.165) is 52.6 Å². The number of allylic oxidation sites excluding steroid dienone is 1. The lowest BCUT2D eigenvalue weighted by atomic mass is 9.86. The van der Waals surface area contributed by atoms with Crippen LogP contribution in [0, 0.1) is 12.8 Å². The first-order valence-corrected chi connectivity index (χ1v) is 12.0. The van der Waals surface area contributed by atoms with Gasteiger partial charge < -0.3 is 10.1 Å². The second kappa shape index (κ2) is 10.2. The van der Waals surface area contributed by atoms with Gasteiger partial charge in [0.2, 0.25) is 0 Å². The van der Waals surface area contributed by atoms with Gasteiger partial charge in [-0.2, -0.15) is 0 Å². The van der Waals surface area contributed by atoms with Crippen LogP contribution in [0.4, 0.5) is 0 Å². The Morgan fingerprint density at radius 3 is 2.65 bits per heavy atom. The van der Waals surface area contributed by atoms with Crippen LogP contribution in [-0.4, -0.2) is 29.5 Å². The number of nitrogens with zero attached hydrogens (tertiary/aromatic N) is 1. The van der Waals surface area contributed by atoms with Crippen molar-refractivity contribution in [1.82, 2.24) is 10.3 Å². The average molecular weight is 457 g/mol. The molecule has 1 N–H and O–H groups in total. The maximum Gasteiger partial charge on any atom is 0.339 e. The standard InChI is InChI=1S/C29H32N2O3/c1-18(2)17-30-28(32)20(4)34-29(33)26-23-12-5-6-14-25(23)31-27-22(11-8-13-24(26)27)16-21-10-7-9-19(3)15-21/h5-7,9-10,12,14-16,18,20H,8,11,13,17H2,1-4H3,(H,30,32)/b22-16+. The molecular weight excluding hydrogens is 424 g/mol. The highest BCUT2D eigenvalue weighted by Gasteiger charge is 2.28. The normalized spacial score (nSPS) is 15.3. The topological polar surface area (TPSA) is 68.3 Å². The molecule has 1 aromatic heterocycles. The second-order valence-electron chi connectivity index (χ2n) is 9.45. The van der Waals surface area contributed by atoms with E-state index in [1.165, 1.54) is 5.56 Å². The van der Waals surface area contributed by atoms with Crippen molar-refractivity contribution >= 4 is 34.4 Å². The van der Waals surface area contributed by atoms with Gasteiger partial charge in [0.15, 0.2) is 6.10 Å². The first kappa shape index (κ1) is 23.7. The van der Waals surface area contributed by atoms with Crippen LogP contribution in [0.15, 0.2) is 48.5 Å². The summed E-state index contributed by atoms with van der Waals surface area (Å²) < 4.78 is 5.68. The molecule has 0 saturated heterocycles. The van der Waals surface area contributed by atoms with E-state index in [9.17, 15) is 9.59 Å². The molecule has 176 valence electrons. The monoisotopic (exact) mass is 456 g/mol. The van der Waals surface area contributed by atoms with E-state index in [0.29, 0.717) is 18.0 Å². The van der Waals surface area contributed by atoms with Crippen LogP contribution >= 0.6 is 0 Å². The molecule has 1 heterocycles. The molecular formula is C29H32N2O3. The zero-order valence-electron chi connectivity index (χ0n) is 20.4. The molecule has 2 aromatic carbocycles. The summed E-state index contributed by atoms with van der Waals surface area (Å²) in [5.74, 6) is -0.435. The number of hydrogen-bond acceptors (Lipinski definition) is 4. The Kier molecular flexibility index (Phi) is 7.11. The van der Waals surface area contributed by atoms with Crippen LogP contribution in [0.2, 0.25) is 0 Å². The third-order valence-corrected chi connectivity index (χ3v) is 6.10. The maximum atomic E-state index is 13.4. The number of aromatic nitrogens is 1. The van der Waals surface area contributed by atoms with Gasteiger partial charge in [0.05, 0.1) is 16.8 Å². The van der Waals surface area contributed by atoms with Gasteiger partial charge in [0, 0.05) is 11.9 Å². The number of ether oxygens (including phenoxy) is 1. The van der Waals surface area contributed by atoms with Gasteiger partial charge in [-0.1, -0.05) is 61.9 Å². The number of carbonyl (C=O) groups excluding carboxylic acids is 2. The lowest BCUT2D eigenvalue weighted by molar-refractivity contribution is -0.129. The Bertz CT molecular complexity index is 1260. The van der Waals surface area contributed by atoms with E-state index < -0.39 is 12.1 Å². The number of benzene rings is 2. The van der Waals surface area contributed by atoms with Gasteiger partial charge in [-0.25, -0.2) is 9.78 Å². The number of fused-ring (bicyclic) bond motifs is 2. The number of para-hydroxylation sites is 1. The Morgan fingerprint density at radius 1 is 1.09 bits per heavy atom. The van der Waals surface area contributed by atoms with E-state index in [2.05, 4.69) is 36.5 Å². The molecule has 0 spiro atoms. The summed E-state index contributed by atoms with van der Waals surface area (Å²) in [6.45, 7) is 8.28. The quantitative estimate of drug-likeness (QED) is 0.481. The second-order valence-corrected chi connectivity index (χ2v) is 9.45. The smallest absolute Gasteiger partial charge is 0.339 e. The van der Waals surface area contributed by atoms with Crippen LogP contribution in [-0.2, 0) is 16.0 Å². The number of esters is 1. The van der Waals surface area contributed by atoms with Crippen LogP contribution in [0.1, 0.15) is 66.4 Å². The molecule has 1 aliphatic rings. The highest BCUT2D eigenvalue weighted by Crippen LogP contribution is 2.36. The summed E-state index contributed by atoms with van der Waals surface area (Å²) in [7, 11) is 0. The van der Waals surface area contributed by atoms with Gasteiger partial charge in [-0.15, -0.1) is 0 Å². The fourth-order valence-electron chi connectivity index (χ4n) is 4.39. The Morgan fingerprint density at radius 2 is 1.88 bits per heavy atom. The zero-order chi connectivity index (χ0) is 24.2. The molecule has 0 aliphatic heterocycles. The largest absolute Gasteiger partial charge is 0.449 e. The van der Waals surface area contributed by atoms with Crippen molar-refractivity contribution in [2.24, 2.45) is 5.92 Å². The SMILES string of the molecule is Cc1cccc(/C=C2\CCCc3c2nc2ccccc2c3C(=O)OC(C)C(=O)NCC(C)C)c1. The van der Waals surface area contributed by atoms with Crippen molar-refractivity contribution in [3.8, 4) is 0 Å². The fraction of sp³-hybridized carbons (Fsp3) is 0.345. The maximum absolute atomic E-state index is 13.4. The summed E-state index contributed by atoms with van der Waals surface area (Å²) in [5, 5.41) is 3.60. The summed E-state index contributed by atoms with van der Waals surface area (Å²) in [5.41, 5.74) is 6.48. The predicted octanol–water partition coefficient (Wildman–Crippen LogP) is 5.74. The number of aryl methyl sites for hydroxylation is 1. The highest BCUT2D eigenvalue weighted by molar-refractivity contribution is 6.07. The molecule has 1 amide bonds. The summed E-state index contributed by atoms with van der Waals surface area (Å²) >= 11 is 0. The molecule has 1 unspecified atom stereocenters. The molecule has 0 fully saturated rings. The third-order valence-electron chi connectivity index (χ3n) is 6.10. The molecule has 1 aliphatic carbocycles. The van der Waals surface area contributed by atoms with Gasteiger partial charge in [0.25, 0.3) is 5.91 Å². The molecule has 4 rings (SSSR count). The Labute approximate surface area is 201 Å². The van der Waals surface area contributed by atoms with Crippen molar-refractivity contribution in [3.05, 3.63) is 76.5 Å².